The molecule has 0 spiro atoms. The first-order chi connectivity index (χ1) is 21.3. The van der Waals surface area contributed by atoms with Gasteiger partial charge in [0.15, 0.2) is 0 Å². The van der Waals surface area contributed by atoms with Gasteiger partial charge in [0.2, 0.25) is 9.84 Å². The topological polar surface area (TPSA) is 117 Å². The van der Waals surface area contributed by atoms with E-state index in [4.69, 9.17) is 10.5 Å². The molecule has 3 aromatic rings. The molecule has 1 amide bonds. The van der Waals surface area contributed by atoms with Crippen LogP contribution in [0.3, 0.4) is 0 Å². The van der Waals surface area contributed by atoms with Crippen molar-refractivity contribution < 1.29 is 17.9 Å². The van der Waals surface area contributed by atoms with Crippen molar-refractivity contribution in [3.8, 4) is 6.07 Å². The molecule has 0 bridgehead atoms. The van der Waals surface area contributed by atoms with Crippen LogP contribution in [-0.4, -0.2) is 58.2 Å². The minimum atomic E-state index is -3.52. The molecule has 6 rings (SSSR count). The van der Waals surface area contributed by atoms with Gasteiger partial charge in [0, 0.05) is 37.2 Å². The molecule has 2 N–H and O–H groups in total. The van der Waals surface area contributed by atoms with Crippen molar-refractivity contribution in [3.05, 3.63) is 90.5 Å². The van der Waals surface area contributed by atoms with E-state index in [1.165, 1.54) is 0 Å². The largest absolute Gasteiger partial charge is 0.446 e. The second kappa shape index (κ2) is 12.6. The van der Waals surface area contributed by atoms with E-state index in [2.05, 4.69) is 28.0 Å². The number of piperidine rings is 1. The molecule has 1 aliphatic carbocycles. The van der Waals surface area contributed by atoms with Gasteiger partial charge in [0.1, 0.15) is 6.10 Å². The Kier molecular flexibility index (Phi) is 8.66. The number of nitrogens with two attached hydrogens (primary N) is 1. The molecular weight excluding hydrogens is 572 g/mol. The number of nitriles is 1. The highest BCUT2D eigenvalue weighted by Gasteiger charge is 2.53. The number of hydrogen-bond donors (Lipinski definition) is 1. The van der Waals surface area contributed by atoms with Crippen LogP contribution in [0.4, 0.5) is 10.5 Å². The maximum absolute atomic E-state index is 12.9. The van der Waals surface area contributed by atoms with E-state index in [0.717, 1.165) is 76.1 Å². The summed E-state index contributed by atoms with van der Waals surface area (Å²) in [7, 11) is -3.52. The van der Waals surface area contributed by atoms with Gasteiger partial charge >= 0.3 is 6.09 Å². The van der Waals surface area contributed by atoms with Crippen LogP contribution in [0.5, 0.6) is 0 Å². The molecule has 3 atom stereocenters. The number of hydrogen-bond acceptors (Lipinski definition) is 7. The second-order valence-corrected chi connectivity index (χ2v) is 14.5. The van der Waals surface area contributed by atoms with Crippen molar-refractivity contribution in [2.45, 2.75) is 53.4 Å². The fraction of sp³-hybridized carbons (Fsp3) is 0.429. The van der Waals surface area contributed by atoms with Gasteiger partial charge in [-0.05, 0) is 93.1 Å². The molecule has 3 unspecified atom stereocenters. The molecule has 230 valence electrons. The fourth-order valence-corrected chi connectivity index (χ4v) is 9.13. The van der Waals surface area contributed by atoms with E-state index in [1.807, 2.05) is 36.4 Å². The summed E-state index contributed by atoms with van der Waals surface area (Å²) >= 11 is 0. The summed E-state index contributed by atoms with van der Waals surface area (Å²) in [5.74, 6) is 0.627. The highest BCUT2D eigenvalue weighted by molar-refractivity contribution is 7.91. The molecule has 3 aromatic carbocycles. The Bertz CT molecular complexity index is 1580. The maximum Gasteiger partial charge on any atom is 0.404 e. The summed E-state index contributed by atoms with van der Waals surface area (Å²) in [6, 6.07) is 28.6. The second-order valence-electron chi connectivity index (χ2n) is 12.5. The summed E-state index contributed by atoms with van der Waals surface area (Å²) in [5.41, 5.74) is 6.77. The number of likely N-dealkylation sites (tertiary alicyclic amines) is 1. The van der Waals surface area contributed by atoms with Crippen molar-refractivity contribution in [2.75, 3.05) is 37.6 Å². The van der Waals surface area contributed by atoms with Crippen LogP contribution in [0.1, 0.15) is 37.7 Å². The summed E-state index contributed by atoms with van der Waals surface area (Å²) in [6.45, 7) is 4.73. The molecule has 9 heteroatoms. The van der Waals surface area contributed by atoms with Gasteiger partial charge in [-0.25, -0.2) is 13.2 Å². The summed E-state index contributed by atoms with van der Waals surface area (Å²) in [4.78, 5) is 17.1. The third-order valence-corrected chi connectivity index (χ3v) is 11.8. The zero-order valence-corrected chi connectivity index (χ0v) is 25.7. The molecule has 3 aliphatic rings. The number of sulfone groups is 1. The van der Waals surface area contributed by atoms with E-state index in [0.29, 0.717) is 15.7 Å². The van der Waals surface area contributed by atoms with Crippen LogP contribution >= 0.6 is 0 Å². The minimum absolute atomic E-state index is 0.0757. The van der Waals surface area contributed by atoms with Gasteiger partial charge in [0.25, 0.3) is 0 Å². The number of amides is 1. The molecule has 2 saturated heterocycles. The Morgan fingerprint density at radius 3 is 2.11 bits per heavy atom. The van der Waals surface area contributed by atoms with Gasteiger partial charge in [-0.15, -0.1) is 0 Å². The van der Waals surface area contributed by atoms with Crippen LogP contribution in [0, 0.1) is 29.1 Å². The third kappa shape index (κ3) is 5.81. The number of anilines is 1. The predicted molar refractivity (Wildman–Crippen MR) is 169 cm³/mol. The molecule has 3 fully saturated rings. The van der Waals surface area contributed by atoms with Crippen LogP contribution in [0.2, 0.25) is 0 Å². The monoisotopic (exact) mass is 612 g/mol. The number of nitrogens with zero attached hydrogens (tertiary/aromatic N) is 3. The summed E-state index contributed by atoms with van der Waals surface area (Å²) < 4.78 is 31.4. The molecule has 0 aromatic heterocycles. The zero-order valence-electron chi connectivity index (χ0n) is 24.9. The van der Waals surface area contributed by atoms with Crippen LogP contribution < -0.4 is 10.6 Å². The molecule has 8 nitrogen and oxygen atoms in total. The van der Waals surface area contributed by atoms with E-state index >= 15 is 0 Å². The number of carbonyl (C=O) groups is 1. The van der Waals surface area contributed by atoms with Gasteiger partial charge in [-0.1, -0.05) is 48.5 Å². The highest BCUT2D eigenvalue weighted by Crippen LogP contribution is 2.51. The predicted octanol–water partition coefficient (Wildman–Crippen LogP) is 5.39. The number of benzene rings is 3. The summed E-state index contributed by atoms with van der Waals surface area (Å²) in [5, 5.41) is 10.8. The van der Waals surface area contributed by atoms with Crippen LogP contribution in [0.25, 0.3) is 0 Å². The number of ether oxygens (including phenoxy) is 1. The number of carbonyl (C=O) groups excluding carboxylic acids is 1. The van der Waals surface area contributed by atoms with Gasteiger partial charge in [-0.2, -0.15) is 5.26 Å². The van der Waals surface area contributed by atoms with Crippen LogP contribution in [0.15, 0.2) is 94.7 Å². The molecule has 2 heterocycles. The minimum Gasteiger partial charge on any atom is -0.446 e. The highest BCUT2D eigenvalue weighted by atomic mass is 32.2. The average molecular weight is 613 g/mol. The fourth-order valence-electron chi connectivity index (χ4n) is 7.85. The molecule has 1 saturated carbocycles. The Labute approximate surface area is 260 Å². The third-order valence-electron chi connectivity index (χ3n) is 10.0. The number of rotatable bonds is 9. The lowest BCUT2D eigenvalue weighted by atomic mass is 9.59. The lowest BCUT2D eigenvalue weighted by molar-refractivity contribution is 0.0337. The molecule has 2 aliphatic heterocycles. The maximum atomic E-state index is 12.9. The first-order valence-electron chi connectivity index (χ1n) is 15.6. The van der Waals surface area contributed by atoms with Crippen molar-refractivity contribution in [1.29, 1.82) is 5.26 Å². The van der Waals surface area contributed by atoms with E-state index in [9.17, 15) is 18.5 Å². The first kappa shape index (κ1) is 30.2. The Morgan fingerprint density at radius 1 is 0.886 bits per heavy atom. The van der Waals surface area contributed by atoms with E-state index < -0.39 is 21.3 Å². The van der Waals surface area contributed by atoms with Crippen LogP contribution in [-0.2, 0) is 20.0 Å². The standard InChI is InChI=1S/C35H40N4O4S/c36-25-35(27-8-3-1-4-9-27,32-12-7-13-33(32)43-34(37)40)28-18-20-38(21-19-28)22-26-23-39(24-26)29-14-16-31(17-15-29)44(41,42)30-10-5-2-6-11-30/h1-6,8-11,14-17,26,28,32-33H,7,12-13,18-24H2,(H2,37,40). The van der Waals surface area contributed by atoms with Crippen molar-refractivity contribution in [3.63, 3.8) is 0 Å². The van der Waals surface area contributed by atoms with Crippen molar-refractivity contribution >= 4 is 21.6 Å². The molecule has 44 heavy (non-hydrogen) atoms. The Balaban J connectivity index is 1.06. The first-order valence-corrected chi connectivity index (χ1v) is 17.1. The normalized spacial score (nSPS) is 22.9. The van der Waals surface area contributed by atoms with Crippen molar-refractivity contribution in [1.82, 2.24) is 4.90 Å². The lowest BCUT2D eigenvalue weighted by Gasteiger charge is -2.47. The Hall–Kier alpha value is -3.87. The SMILES string of the molecule is N#CC(c1ccccc1)(C1CCN(CC2CN(c3ccc(S(=O)(=O)c4ccccc4)cc3)C2)CC1)C1CCCC1OC(N)=O. The number of primary amides is 1. The van der Waals surface area contributed by atoms with Gasteiger partial charge in [-0.3, -0.25) is 0 Å². The zero-order chi connectivity index (χ0) is 30.7. The lowest BCUT2D eigenvalue weighted by Crippen LogP contribution is -2.54. The van der Waals surface area contributed by atoms with E-state index in [-0.39, 0.29) is 17.9 Å². The van der Waals surface area contributed by atoms with Gasteiger partial charge < -0.3 is 20.3 Å². The van der Waals surface area contributed by atoms with Gasteiger partial charge in [0.05, 0.1) is 21.3 Å². The van der Waals surface area contributed by atoms with Crippen molar-refractivity contribution in [2.24, 2.45) is 23.5 Å². The Morgan fingerprint density at radius 2 is 1.50 bits per heavy atom. The summed E-state index contributed by atoms with van der Waals surface area (Å²) in [6.07, 6.45) is 3.23. The smallest absolute Gasteiger partial charge is 0.404 e. The quantitative estimate of drug-likeness (QED) is 0.344. The molecule has 0 radical (unpaired) electrons. The molecular formula is C35H40N4O4S. The average Bonchev–Trinajstić information content (AvgIpc) is 3.49. The van der Waals surface area contributed by atoms with E-state index in [1.54, 1.807) is 36.4 Å².